The van der Waals surface area contributed by atoms with Crippen molar-refractivity contribution in [3.8, 4) is 0 Å². The minimum absolute atomic E-state index is 0.0772. The summed E-state index contributed by atoms with van der Waals surface area (Å²) in [6.07, 6.45) is -19.0. The molecule has 17 heteroatoms. The summed E-state index contributed by atoms with van der Waals surface area (Å²) in [7, 11) is 0. The van der Waals surface area contributed by atoms with Crippen LogP contribution in [0, 0.1) is 0 Å². The van der Waals surface area contributed by atoms with Crippen LogP contribution < -0.4 is 0 Å². The Morgan fingerprint density at radius 1 is 0.457 bits per heavy atom. The van der Waals surface area contributed by atoms with Crippen molar-refractivity contribution >= 4 is 23.5 Å². The van der Waals surface area contributed by atoms with Crippen LogP contribution in [0.4, 0.5) is 52.7 Å². The van der Waals surface area contributed by atoms with Gasteiger partial charge in [-0.05, 0) is 56.3 Å². The topological polar surface area (TPSA) is 38.7 Å². The third-order valence-electron chi connectivity index (χ3n) is 6.96. The monoisotopic (exact) mass is 736 g/mol. The maximum Gasteiger partial charge on any atom is 0.423 e. The first-order valence-corrected chi connectivity index (χ1v) is 18.1. The fraction of sp³-hybridized carbons (Fsp3) is 1.00. The van der Waals surface area contributed by atoms with Gasteiger partial charge >= 0.3 is 24.7 Å². The van der Waals surface area contributed by atoms with E-state index in [4.69, 9.17) is 0 Å². The lowest BCUT2D eigenvalue weighted by Gasteiger charge is -2.28. The van der Waals surface area contributed by atoms with Crippen LogP contribution in [0.5, 0.6) is 0 Å². The van der Waals surface area contributed by atoms with Crippen molar-refractivity contribution in [2.75, 3.05) is 17.8 Å². The Hall–Kier alpha value is -0.260. The molecular formula is C29H48F12O3S2. The molecule has 0 aliphatic carbocycles. The van der Waals surface area contributed by atoms with Gasteiger partial charge in [-0.3, -0.25) is 0 Å². The molecule has 0 bridgehead atoms. The quantitative estimate of drug-likeness (QED) is 0.0516. The highest BCUT2D eigenvalue weighted by Crippen LogP contribution is 2.39. The van der Waals surface area contributed by atoms with Crippen molar-refractivity contribution in [2.45, 2.75) is 164 Å². The van der Waals surface area contributed by atoms with E-state index in [9.17, 15) is 57.8 Å². The van der Waals surface area contributed by atoms with Crippen molar-refractivity contribution in [3.05, 3.63) is 0 Å². The Labute approximate surface area is 272 Å². The van der Waals surface area contributed by atoms with Gasteiger partial charge in [0, 0.05) is 0 Å². The predicted octanol–water partition coefficient (Wildman–Crippen LogP) is 11.8. The maximum atomic E-state index is 13.1. The molecule has 0 rings (SSSR count). The summed E-state index contributed by atoms with van der Waals surface area (Å²) in [6.45, 7) is 0. The number of halogens is 12. The number of ether oxygens (including phenoxy) is 2. The number of unbranched alkanes of at least 4 members (excludes halogenated alkanes) is 14. The zero-order valence-electron chi connectivity index (χ0n) is 26.1. The minimum atomic E-state index is -5.70. The number of aliphatic hydroxyl groups is 1. The SMILES string of the molecule is CSCCCCCCCCCCC(OC(C(F)(F)F)C(F)(F)F)SCCCCCCCCCCC(O)OC(C(F)(F)F)C(F)(F)F. The maximum absolute atomic E-state index is 13.1. The summed E-state index contributed by atoms with van der Waals surface area (Å²) >= 11 is 2.74. The lowest BCUT2D eigenvalue weighted by atomic mass is 10.1. The molecule has 0 amide bonds. The third kappa shape index (κ3) is 24.0. The first-order valence-electron chi connectivity index (χ1n) is 15.7. The highest BCUT2D eigenvalue weighted by Gasteiger charge is 2.59. The van der Waals surface area contributed by atoms with Crippen molar-refractivity contribution in [1.29, 1.82) is 0 Å². The number of hydrogen-bond acceptors (Lipinski definition) is 5. The molecule has 0 fully saturated rings. The summed E-state index contributed by atoms with van der Waals surface area (Å²) in [5.41, 5.74) is -1.25. The normalized spacial score (nSPS) is 14.9. The van der Waals surface area contributed by atoms with E-state index in [2.05, 4.69) is 9.47 Å². The molecular weight excluding hydrogens is 688 g/mol. The second kappa shape index (κ2) is 24.0. The fourth-order valence-electron chi connectivity index (χ4n) is 4.56. The van der Waals surface area contributed by atoms with E-state index in [1.807, 2.05) is 6.26 Å². The van der Waals surface area contributed by atoms with Gasteiger partial charge in [-0.15, -0.1) is 11.8 Å². The highest BCUT2D eigenvalue weighted by molar-refractivity contribution is 7.99. The molecule has 0 saturated carbocycles. The van der Waals surface area contributed by atoms with Crippen LogP contribution in [0.1, 0.15) is 116 Å². The smallest absolute Gasteiger partial charge is 0.368 e. The van der Waals surface area contributed by atoms with E-state index in [1.165, 1.54) is 0 Å². The lowest BCUT2D eigenvalue weighted by molar-refractivity contribution is -0.349. The Balaban J connectivity index is 4.34. The molecule has 0 aliphatic heterocycles. The van der Waals surface area contributed by atoms with Crippen LogP contribution in [0.15, 0.2) is 0 Å². The van der Waals surface area contributed by atoms with E-state index < -0.39 is 55.1 Å². The molecule has 0 aromatic rings. The fourth-order valence-corrected chi connectivity index (χ4v) is 6.21. The first-order chi connectivity index (χ1) is 21.3. The molecule has 278 valence electrons. The Kier molecular flexibility index (Phi) is 23.8. The Morgan fingerprint density at radius 2 is 0.783 bits per heavy atom. The summed E-state index contributed by atoms with van der Waals surface area (Å²) in [5.74, 6) is 1.43. The van der Waals surface area contributed by atoms with Gasteiger partial charge < -0.3 is 14.6 Å². The van der Waals surface area contributed by atoms with Crippen molar-refractivity contribution in [3.63, 3.8) is 0 Å². The molecule has 0 spiro atoms. The first kappa shape index (κ1) is 45.7. The molecule has 0 saturated heterocycles. The number of thioether (sulfide) groups is 2. The van der Waals surface area contributed by atoms with Crippen molar-refractivity contribution in [1.82, 2.24) is 0 Å². The molecule has 2 atom stereocenters. The lowest BCUT2D eigenvalue weighted by Crippen LogP contribution is -2.46. The van der Waals surface area contributed by atoms with E-state index in [0.29, 0.717) is 50.7 Å². The predicted molar refractivity (Wildman–Crippen MR) is 158 cm³/mol. The molecule has 0 heterocycles. The van der Waals surface area contributed by atoms with Crippen molar-refractivity contribution in [2.24, 2.45) is 0 Å². The molecule has 46 heavy (non-hydrogen) atoms. The van der Waals surface area contributed by atoms with Gasteiger partial charge in [-0.25, -0.2) is 0 Å². The van der Waals surface area contributed by atoms with E-state index >= 15 is 0 Å². The van der Waals surface area contributed by atoms with Gasteiger partial charge in [0.25, 0.3) is 6.10 Å². The average Bonchev–Trinajstić information content (AvgIpc) is 2.91. The molecule has 0 aromatic carbocycles. The molecule has 0 aromatic heterocycles. The second-order valence-electron chi connectivity index (χ2n) is 11.2. The number of rotatable bonds is 27. The summed E-state index contributed by atoms with van der Waals surface area (Å²) in [5, 5.41) is 9.41. The van der Waals surface area contributed by atoms with E-state index in [1.54, 1.807) is 11.8 Å². The molecule has 1 N–H and O–H groups in total. The highest BCUT2D eigenvalue weighted by atomic mass is 32.2. The Morgan fingerprint density at radius 3 is 1.17 bits per heavy atom. The zero-order valence-corrected chi connectivity index (χ0v) is 27.7. The average molecular weight is 737 g/mol. The minimum Gasteiger partial charge on any atom is -0.368 e. The standard InChI is InChI=1S/C29H48F12O3S2/c1-45-20-16-12-8-4-3-7-11-15-19-23(44-25(28(36,37)38)29(39,40)41)46-21-17-13-9-5-2-6-10-14-18-22(42)43-24(26(30,31)32)27(33,34)35/h22-25,42H,2-21H2,1H3. The zero-order chi connectivity index (χ0) is 35.3. The van der Waals surface area contributed by atoms with Crippen LogP contribution >= 0.6 is 23.5 Å². The van der Waals surface area contributed by atoms with E-state index in [-0.39, 0.29) is 12.8 Å². The summed E-state index contributed by atoms with van der Waals surface area (Å²) in [4.78, 5) is 0. The molecule has 2 unspecified atom stereocenters. The van der Waals surface area contributed by atoms with Crippen LogP contribution in [-0.2, 0) is 9.47 Å². The van der Waals surface area contributed by atoms with Crippen LogP contribution in [0.25, 0.3) is 0 Å². The van der Waals surface area contributed by atoms with Crippen LogP contribution in [0.2, 0.25) is 0 Å². The van der Waals surface area contributed by atoms with Crippen LogP contribution in [0.3, 0.4) is 0 Å². The number of alkyl halides is 12. The molecule has 0 radical (unpaired) electrons. The van der Waals surface area contributed by atoms with Gasteiger partial charge in [0.15, 0.2) is 6.29 Å². The summed E-state index contributed by atoms with van der Waals surface area (Å²) in [6, 6.07) is 0. The molecule has 0 aliphatic rings. The number of aliphatic hydroxyl groups excluding tert-OH is 1. The molecule has 3 nitrogen and oxygen atoms in total. The van der Waals surface area contributed by atoms with Gasteiger partial charge in [-0.2, -0.15) is 64.4 Å². The van der Waals surface area contributed by atoms with Gasteiger partial charge in [0.1, 0.15) is 5.44 Å². The summed E-state index contributed by atoms with van der Waals surface area (Å²) < 4.78 is 162. The Bertz CT molecular complexity index is 706. The third-order valence-corrected chi connectivity index (χ3v) is 8.90. The largest absolute Gasteiger partial charge is 0.423 e. The van der Waals surface area contributed by atoms with E-state index in [0.717, 1.165) is 68.9 Å². The number of hydrogen-bond donors (Lipinski definition) is 1. The second-order valence-corrected chi connectivity index (χ2v) is 13.4. The van der Waals surface area contributed by atoms with Crippen LogP contribution in [-0.4, -0.2) is 71.5 Å². The van der Waals surface area contributed by atoms with Gasteiger partial charge in [-0.1, -0.05) is 77.0 Å². The van der Waals surface area contributed by atoms with Crippen molar-refractivity contribution < 1.29 is 67.3 Å². The van der Waals surface area contributed by atoms with Gasteiger partial charge in [0.2, 0.25) is 6.10 Å². The van der Waals surface area contributed by atoms with Gasteiger partial charge in [0.05, 0.1) is 0 Å².